The first-order valence-electron chi connectivity index (χ1n) is 6.22. The number of nitrogens with zero attached hydrogens (tertiary/aromatic N) is 3. The Morgan fingerprint density at radius 1 is 1.42 bits per heavy atom. The fourth-order valence-electron chi connectivity index (χ4n) is 2.26. The summed E-state index contributed by atoms with van der Waals surface area (Å²) < 4.78 is 0. The van der Waals surface area contributed by atoms with Gasteiger partial charge in [-0.3, -0.25) is 4.79 Å². The van der Waals surface area contributed by atoms with Crippen molar-refractivity contribution in [3.8, 4) is 0 Å². The zero-order chi connectivity index (χ0) is 13.8. The van der Waals surface area contributed by atoms with E-state index in [4.69, 9.17) is 23.7 Å². The fourth-order valence-corrected chi connectivity index (χ4v) is 2.37. The van der Waals surface area contributed by atoms with Gasteiger partial charge in [-0.15, -0.1) is 0 Å². The van der Waals surface area contributed by atoms with Gasteiger partial charge >= 0.3 is 0 Å². The van der Waals surface area contributed by atoms with E-state index in [-0.39, 0.29) is 10.9 Å². The first-order chi connectivity index (χ1) is 9.06. The number of carbonyl (C=O) groups excluding carboxylic acids is 1. The summed E-state index contributed by atoms with van der Waals surface area (Å²) in [6.07, 6.45) is 3.96. The van der Waals surface area contributed by atoms with E-state index in [0.717, 1.165) is 25.9 Å². The average molecular weight is 279 g/mol. The van der Waals surface area contributed by atoms with Crippen LogP contribution in [0.15, 0.2) is 12.3 Å². The monoisotopic (exact) mass is 279 g/mol. The number of hydrogen-bond donors (Lipinski definition) is 2. The number of carbonyl (C=O) groups is 1. The Morgan fingerprint density at radius 2 is 2.11 bits per heavy atom. The van der Waals surface area contributed by atoms with Crippen molar-refractivity contribution in [1.29, 1.82) is 0 Å². The highest BCUT2D eigenvalue weighted by Crippen LogP contribution is 2.22. The molecule has 0 unspecified atom stereocenters. The maximum atomic E-state index is 10.9. The highest BCUT2D eigenvalue weighted by molar-refractivity contribution is 7.80. The van der Waals surface area contributed by atoms with Gasteiger partial charge < -0.3 is 16.4 Å². The molecule has 1 aliphatic rings. The zero-order valence-corrected chi connectivity index (χ0v) is 11.4. The Morgan fingerprint density at radius 3 is 2.68 bits per heavy atom. The summed E-state index contributed by atoms with van der Waals surface area (Å²) in [4.78, 5) is 21.8. The summed E-state index contributed by atoms with van der Waals surface area (Å²) in [5, 5.41) is 0. The second-order valence-electron chi connectivity index (χ2n) is 4.71. The SMILES string of the molecule is NC(=O)CC1CCN(c2nccc(C(N)=S)n2)CC1. The molecule has 19 heavy (non-hydrogen) atoms. The molecule has 1 aliphatic heterocycles. The van der Waals surface area contributed by atoms with Crippen molar-refractivity contribution in [3.05, 3.63) is 18.0 Å². The number of primary amides is 1. The molecule has 1 aromatic rings. The number of hydrogen-bond acceptors (Lipinski definition) is 5. The van der Waals surface area contributed by atoms with Gasteiger partial charge in [-0.25, -0.2) is 9.97 Å². The van der Waals surface area contributed by atoms with E-state index in [9.17, 15) is 4.79 Å². The van der Waals surface area contributed by atoms with Crippen molar-refractivity contribution in [2.45, 2.75) is 19.3 Å². The van der Waals surface area contributed by atoms with E-state index in [1.165, 1.54) is 0 Å². The third-order valence-electron chi connectivity index (χ3n) is 3.28. The molecule has 1 amide bonds. The molecule has 2 heterocycles. The molecule has 102 valence electrons. The standard InChI is InChI=1S/C12H17N5OS/c13-10(18)7-8-2-5-17(6-3-8)12-15-4-1-9(16-12)11(14)19/h1,4,8H,2-3,5-7H2,(H2,13,18)(H2,14,19). The average Bonchev–Trinajstić information content (AvgIpc) is 2.39. The largest absolute Gasteiger partial charge is 0.388 e. The molecule has 1 fully saturated rings. The lowest BCUT2D eigenvalue weighted by Crippen LogP contribution is -2.36. The van der Waals surface area contributed by atoms with Crippen LogP contribution in [0, 0.1) is 5.92 Å². The van der Waals surface area contributed by atoms with Crippen LogP contribution in [0.4, 0.5) is 5.95 Å². The zero-order valence-electron chi connectivity index (χ0n) is 10.6. The first kappa shape index (κ1) is 13.7. The maximum absolute atomic E-state index is 10.9. The van der Waals surface area contributed by atoms with Crippen molar-refractivity contribution in [2.24, 2.45) is 17.4 Å². The Bertz CT molecular complexity index is 485. The van der Waals surface area contributed by atoms with Crippen LogP contribution >= 0.6 is 12.2 Å². The molecule has 0 atom stereocenters. The van der Waals surface area contributed by atoms with Crippen LogP contribution in [-0.4, -0.2) is 34.0 Å². The van der Waals surface area contributed by atoms with Crippen LogP contribution in [0.5, 0.6) is 0 Å². The lowest BCUT2D eigenvalue weighted by molar-refractivity contribution is -0.119. The smallest absolute Gasteiger partial charge is 0.225 e. The molecule has 6 nitrogen and oxygen atoms in total. The molecule has 0 saturated carbocycles. The minimum absolute atomic E-state index is 0.231. The second kappa shape index (κ2) is 5.92. The molecular formula is C12H17N5OS. The van der Waals surface area contributed by atoms with Crippen molar-refractivity contribution in [3.63, 3.8) is 0 Å². The van der Waals surface area contributed by atoms with Gasteiger partial charge in [-0.1, -0.05) is 12.2 Å². The number of nitrogens with two attached hydrogens (primary N) is 2. The minimum Gasteiger partial charge on any atom is -0.388 e. The Labute approximate surface area is 117 Å². The van der Waals surface area contributed by atoms with Crippen LogP contribution < -0.4 is 16.4 Å². The third kappa shape index (κ3) is 3.60. The van der Waals surface area contributed by atoms with Gasteiger partial charge in [0.25, 0.3) is 0 Å². The minimum atomic E-state index is -0.231. The Hall–Kier alpha value is -1.76. The molecule has 0 spiro atoms. The van der Waals surface area contributed by atoms with Gasteiger partial charge in [0, 0.05) is 25.7 Å². The Kier molecular flexibility index (Phi) is 4.26. The molecule has 0 radical (unpaired) electrons. The third-order valence-corrected chi connectivity index (χ3v) is 3.49. The van der Waals surface area contributed by atoms with Gasteiger partial charge in [0.1, 0.15) is 10.7 Å². The van der Waals surface area contributed by atoms with Gasteiger partial charge in [-0.05, 0) is 24.8 Å². The molecule has 7 heteroatoms. The van der Waals surface area contributed by atoms with Gasteiger partial charge in [-0.2, -0.15) is 0 Å². The van der Waals surface area contributed by atoms with E-state index < -0.39 is 0 Å². The highest BCUT2D eigenvalue weighted by atomic mass is 32.1. The number of piperidine rings is 1. The predicted molar refractivity (Wildman–Crippen MR) is 76.7 cm³/mol. The first-order valence-corrected chi connectivity index (χ1v) is 6.63. The molecule has 0 aliphatic carbocycles. The topological polar surface area (TPSA) is 98.1 Å². The summed E-state index contributed by atoms with van der Waals surface area (Å²) in [5.74, 6) is 0.778. The summed E-state index contributed by atoms with van der Waals surface area (Å²) in [6.45, 7) is 1.64. The molecular weight excluding hydrogens is 262 g/mol. The van der Waals surface area contributed by atoms with Crippen LogP contribution in [0.2, 0.25) is 0 Å². The van der Waals surface area contributed by atoms with E-state index in [2.05, 4.69) is 14.9 Å². The molecule has 2 rings (SSSR count). The summed E-state index contributed by atoms with van der Waals surface area (Å²) >= 11 is 4.91. The fraction of sp³-hybridized carbons (Fsp3) is 0.500. The van der Waals surface area contributed by atoms with E-state index in [0.29, 0.717) is 24.0 Å². The number of rotatable bonds is 4. The maximum Gasteiger partial charge on any atom is 0.225 e. The van der Waals surface area contributed by atoms with Gasteiger partial charge in [0.2, 0.25) is 11.9 Å². The highest BCUT2D eigenvalue weighted by Gasteiger charge is 2.22. The van der Waals surface area contributed by atoms with Crippen molar-refractivity contribution < 1.29 is 4.79 Å². The molecule has 0 aromatic carbocycles. The lowest BCUT2D eigenvalue weighted by atomic mass is 9.93. The number of anilines is 1. The van der Waals surface area contributed by atoms with Crippen LogP contribution in [-0.2, 0) is 4.79 Å². The molecule has 1 aromatic heterocycles. The van der Waals surface area contributed by atoms with Crippen molar-refractivity contribution in [1.82, 2.24) is 9.97 Å². The van der Waals surface area contributed by atoms with Crippen LogP contribution in [0.25, 0.3) is 0 Å². The van der Waals surface area contributed by atoms with Gasteiger partial charge in [0.05, 0.1) is 0 Å². The molecule has 1 saturated heterocycles. The molecule has 4 N–H and O–H groups in total. The quantitative estimate of drug-likeness (QED) is 0.764. The summed E-state index contributed by atoms with van der Waals surface area (Å²) in [5.41, 5.74) is 11.4. The summed E-state index contributed by atoms with van der Waals surface area (Å²) in [7, 11) is 0. The Balaban J connectivity index is 1.99. The van der Waals surface area contributed by atoms with E-state index in [1.807, 2.05) is 0 Å². The number of aromatic nitrogens is 2. The van der Waals surface area contributed by atoms with E-state index >= 15 is 0 Å². The van der Waals surface area contributed by atoms with E-state index in [1.54, 1.807) is 12.3 Å². The summed E-state index contributed by atoms with van der Waals surface area (Å²) in [6, 6.07) is 1.70. The predicted octanol–water partition coefficient (Wildman–Crippen LogP) is 0.203. The van der Waals surface area contributed by atoms with Crippen molar-refractivity contribution in [2.75, 3.05) is 18.0 Å². The molecule has 0 bridgehead atoms. The second-order valence-corrected chi connectivity index (χ2v) is 5.15. The van der Waals surface area contributed by atoms with Crippen LogP contribution in [0.3, 0.4) is 0 Å². The van der Waals surface area contributed by atoms with Crippen LogP contribution in [0.1, 0.15) is 25.0 Å². The number of amides is 1. The normalized spacial score (nSPS) is 16.3. The lowest BCUT2D eigenvalue weighted by Gasteiger charge is -2.31. The van der Waals surface area contributed by atoms with Gasteiger partial charge in [0.15, 0.2) is 0 Å². The van der Waals surface area contributed by atoms with Crippen molar-refractivity contribution >= 4 is 29.1 Å². The number of thiocarbonyl (C=S) groups is 1.